The second kappa shape index (κ2) is 9.70. The number of nitro groups is 1. The number of piperidine rings is 1. The van der Waals surface area contributed by atoms with Crippen molar-refractivity contribution in [1.82, 2.24) is 4.90 Å². The SMILES string of the molecule is Nc1ccc(C(=O)OCC(=O)N2CCC(C(=O)Nc3ccccc3)CC2)cc1[N+](=O)[O-]. The monoisotopic (exact) mass is 426 g/mol. The molecule has 0 bridgehead atoms. The molecule has 3 N–H and O–H groups in total. The zero-order valence-electron chi connectivity index (χ0n) is 16.7. The van der Waals surface area contributed by atoms with Gasteiger partial charge >= 0.3 is 5.97 Å². The smallest absolute Gasteiger partial charge is 0.338 e. The summed E-state index contributed by atoms with van der Waals surface area (Å²) in [6.45, 7) is 0.255. The first-order valence-electron chi connectivity index (χ1n) is 9.70. The maximum Gasteiger partial charge on any atom is 0.338 e. The van der Waals surface area contributed by atoms with Crippen molar-refractivity contribution in [2.75, 3.05) is 30.7 Å². The van der Waals surface area contributed by atoms with E-state index in [2.05, 4.69) is 5.32 Å². The molecule has 1 fully saturated rings. The Kier molecular flexibility index (Phi) is 6.81. The summed E-state index contributed by atoms with van der Waals surface area (Å²) in [5.41, 5.74) is 5.68. The molecule has 1 aliphatic rings. The van der Waals surface area contributed by atoms with Crippen molar-refractivity contribution in [2.45, 2.75) is 12.8 Å². The Labute approximate surface area is 178 Å². The van der Waals surface area contributed by atoms with Crippen LogP contribution < -0.4 is 11.1 Å². The number of ether oxygens (including phenoxy) is 1. The molecule has 0 saturated carbocycles. The molecule has 0 unspecified atom stereocenters. The number of carbonyl (C=O) groups excluding carboxylic acids is 3. The number of carbonyl (C=O) groups is 3. The van der Waals surface area contributed by atoms with E-state index in [0.29, 0.717) is 25.9 Å². The number of nitrogens with two attached hydrogens (primary N) is 1. The lowest BCUT2D eigenvalue weighted by molar-refractivity contribution is -0.383. The minimum atomic E-state index is -0.853. The summed E-state index contributed by atoms with van der Waals surface area (Å²) in [4.78, 5) is 48.6. The van der Waals surface area contributed by atoms with Crippen LogP contribution in [0.2, 0.25) is 0 Å². The third-order valence-electron chi connectivity index (χ3n) is 5.05. The lowest BCUT2D eigenvalue weighted by Gasteiger charge is -2.31. The molecule has 0 aliphatic carbocycles. The van der Waals surface area contributed by atoms with E-state index in [1.54, 1.807) is 12.1 Å². The molecule has 0 spiro atoms. The standard InChI is InChI=1S/C21H22N4O6/c22-17-7-6-15(12-18(17)25(29)30)21(28)31-13-19(26)24-10-8-14(9-11-24)20(27)23-16-4-2-1-3-5-16/h1-7,12,14H,8-11,13,22H2,(H,23,27). The molecular formula is C21H22N4O6. The van der Waals surface area contributed by atoms with Gasteiger partial charge in [-0.3, -0.25) is 19.7 Å². The van der Waals surface area contributed by atoms with Crippen molar-refractivity contribution < 1.29 is 24.0 Å². The topological polar surface area (TPSA) is 145 Å². The van der Waals surface area contributed by atoms with Crippen molar-refractivity contribution in [3.05, 3.63) is 64.2 Å². The van der Waals surface area contributed by atoms with Gasteiger partial charge in [0.25, 0.3) is 11.6 Å². The molecular weight excluding hydrogens is 404 g/mol. The van der Waals surface area contributed by atoms with Crippen molar-refractivity contribution >= 4 is 34.8 Å². The molecule has 10 nitrogen and oxygen atoms in total. The number of hydrogen-bond donors (Lipinski definition) is 2. The number of benzene rings is 2. The van der Waals surface area contributed by atoms with Gasteiger partial charge in [0, 0.05) is 30.8 Å². The number of nitrogens with zero attached hydrogens (tertiary/aromatic N) is 2. The van der Waals surface area contributed by atoms with Gasteiger partial charge < -0.3 is 20.7 Å². The fraction of sp³-hybridized carbons (Fsp3) is 0.286. The molecule has 2 aromatic rings. The van der Waals surface area contributed by atoms with Crippen LogP contribution in [0.15, 0.2) is 48.5 Å². The summed E-state index contributed by atoms with van der Waals surface area (Å²) in [6, 6.07) is 12.7. The minimum Gasteiger partial charge on any atom is -0.452 e. The van der Waals surface area contributed by atoms with Crippen LogP contribution in [0.1, 0.15) is 23.2 Å². The highest BCUT2D eigenvalue weighted by Gasteiger charge is 2.28. The molecule has 0 aromatic heterocycles. The number of hydrogen-bond acceptors (Lipinski definition) is 7. The van der Waals surface area contributed by atoms with Crippen LogP contribution in [0.5, 0.6) is 0 Å². The predicted octanol–water partition coefficient (Wildman–Crippen LogP) is 2.21. The summed E-state index contributed by atoms with van der Waals surface area (Å²) < 4.78 is 5.00. The van der Waals surface area contributed by atoms with Gasteiger partial charge in [-0.05, 0) is 37.1 Å². The number of nitrogen functional groups attached to an aromatic ring is 1. The average molecular weight is 426 g/mol. The van der Waals surface area contributed by atoms with E-state index in [9.17, 15) is 24.5 Å². The number of rotatable bonds is 6. The molecule has 10 heteroatoms. The largest absolute Gasteiger partial charge is 0.452 e. The fourth-order valence-electron chi connectivity index (χ4n) is 3.29. The van der Waals surface area contributed by atoms with Crippen LogP contribution in [0.3, 0.4) is 0 Å². The number of anilines is 2. The van der Waals surface area contributed by atoms with Gasteiger partial charge in [-0.25, -0.2) is 4.79 Å². The molecule has 2 amide bonds. The molecule has 3 rings (SSSR count). The number of nitrogens with one attached hydrogen (secondary N) is 1. The average Bonchev–Trinajstić information content (AvgIpc) is 2.78. The Bertz CT molecular complexity index is 987. The van der Waals surface area contributed by atoms with Gasteiger partial charge in [0.2, 0.25) is 5.91 Å². The first-order chi connectivity index (χ1) is 14.8. The van der Waals surface area contributed by atoms with E-state index in [0.717, 1.165) is 11.8 Å². The number of nitro benzene ring substituents is 1. The van der Waals surface area contributed by atoms with Crippen LogP contribution >= 0.6 is 0 Å². The molecule has 162 valence electrons. The van der Waals surface area contributed by atoms with Gasteiger partial charge in [0.05, 0.1) is 10.5 Å². The summed E-state index contributed by atoms with van der Waals surface area (Å²) in [6.07, 6.45) is 1.00. The molecule has 1 heterocycles. The maximum absolute atomic E-state index is 12.4. The molecule has 1 saturated heterocycles. The molecule has 2 aromatic carbocycles. The highest BCUT2D eigenvalue weighted by atomic mass is 16.6. The number of likely N-dealkylation sites (tertiary alicyclic amines) is 1. The maximum atomic E-state index is 12.4. The van der Waals surface area contributed by atoms with Crippen LogP contribution in [-0.4, -0.2) is 47.3 Å². The van der Waals surface area contributed by atoms with Crippen molar-refractivity contribution in [3.63, 3.8) is 0 Å². The van der Waals surface area contributed by atoms with Crippen LogP contribution in [0.4, 0.5) is 17.1 Å². The second-order valence-corrected chi connectivity index (χ2v) is 7.12. The number of esters is 1. The molecule has 1 aliphatic heterocycles. The third kappa shape index (κ3) is 5.56. The number of para-hydroxylation sites is 1. The first-order valence-corrected chi connectivity index (χ1v) is 9.70. The Balaban J connectivity index is 1.47. The number of amides is 2. The van der Waals surface area contributed by atoms with Crippen molar-refractivity contribution in [2.24, 2.45) is 5.92 Å². The van der Waals surface area contributed by atoms with Crippen molar-refractivity contribution in [3.8, 4) is 0 Å². The van der Waals surface area contributed by atoms with E-state index >= 15 is 0 Å². The quantitative estimate of drug-likeness (QED) is 0.312. The summed E-state index contributed by atoms with van der Waals surface area (Å²) in [5.74, 6) is -1.54. The summed E-state index contributed by atoms with van der Waals surface area (Å²) in [5, 5.41) is 13.8. The summed E-state index contributed by atoms with van der Waals surface area (Å²) >= 11 is 0. The van der Waals surface area contributed by atoms with E-state index in [4.69, 9.17) is 10.5 Å². The van der Waals surface area contributed by atoms with Crippen LogP contribution in [0, 0.1) is 16.0 Å². The summed E-state index contributed by atoms with van der Waals surface area (Å²) in [7, 11) is 0. The Hall–Kier alpha value is -3.95. The van der Waals surface area contributed by atoms with Gasteiger partial charge in [-0.15, -0.1) is 0 Å². The second-order valence-electron chi connectivity index (χ2n) is 7.12. The van der Waals surface area contributed by atoms with E-state index in [1.165, 1.54) is 17.0 Å². The Morgan fingerprint density at radius 1 is 1.13 bits per heavy atom. The van der Waals surface area contributed by atoms with E-state index in [1.807, 2.05) is 18.2 Å². The van der Waals surface area contributed by atoms with Crippen LogP contribution in [-0.2, 0) is 14.3 Å². The van der Waals surface area contributed by atoms with Gasteiger partial charge in [0.15, 0.2) is 6.61 Å². The van der Waals surface area contributed by atoms with Crippen molar-refractivity contribution in [1.29, 1.82) is 0 Å². The fourth-order valence-corrected chi connectivity index (χ4v) is 3.29. The molecule has 31 heavy (non-hydrogen) atoms. The predicted molar refractivity (Wildman–Crippen MR) is 112 cm³/mol. The van der Waals surface area contributed by atoms with Gasteiger partial charge in [-0.1, -0.05) is 18.2 Å². The lowest BCUT2D eigenvalue weighted by Crippen LogP contribution is -2.43. The van der Waals surface area contributed by atoms with Gasteiger partial charge in [0.1, 0.15) is 5.69 Å². The Morgan fingerprint density at radius 3 is 2.45 bits per heavy atom. The Morgan fingerprint density at radius 2 is 1.81 bits per heavy atom. The highest BCUT2D eigenvalue weighted by molar-refractivity contribution is 5.93. The van der Waals surface area contributed by atoms with Gasteiger partial charge in [-0.2, -0.15) is 0 Å². The highest BCUT2D eigenvalue weighted by Crippen LogP contribution is 2.23. The normalized spacial score (nSPS) is 14.0. The van der Waals surface area contributed by atoms with Crippen LogP contribution in [0.25, 0.3) is 0 Å². The third-order valence-corrected chi connectivity index (χ3v) is 5.05. The first kappa shape index (κ1) is 21.8. The molecule has 0 radical (unpaired) electrons. The zero-order valence-corrected chi connectivity index (χ0v) is 16.7. The minimum absolute atomic E-state index is 0.0648. The van der Waals surface area contributed by atoms with E-state index < -0.39 is 23.2 Å². The lowest BCUT2D eigenvalue weighted by atomic mass is 9.95. The molecule has 0 atom stereocenters. The van der Waals surface area contributed by atoms with E-state index in [-0.39, 0.29) is 29.0 Å². The zero-order chi connectivity index (χ0) is 22.4.